The van der Waals surface area contributed by atoms with Crippen LogP contribution < -0.4 is 5.56 Å². The summed E-state index contributed by atoms with van der Waals surface area (Å²) in [5.41, 5.74) is 2.49. The van der Waals surface area contributed by atoms with Gasteiger partial charge in [-0.2, -0.15) is 0 Å². The first-order valence-electron chi connectivity index (χ1n) is 11.1. The normalized spacial score (nSPS) is 14.7. The van der Waals surface area contributed by atoms with Crippen molar-refractivity contribution in [2.45, 2.75) is 26.8 Å². The van der Waals surface area contributed by atoms with Crippen LogP contribution in [0.2, 0.25) is 0 Å². The van der Waals surface area contributed by atoms with E-state index >= 15 is 0 Å². The molecule has 0 bridgehead atoms. The monoisotopic (exact) mass is 497 g/mol. The lowest BCUT2D eigenvalue weighted by Gasteiger charge is -2.34. The Bertz CT molecular complexity index is 1400. The highest BCUT2D eigenvalue weighted by Crippen LogP contribution is 2.26. The second-order valence-electron chi connectivity index (χ2n) is 8.46. The highest BCUT2D eigenvalue weighted by Gasteiger charge is 2.23. The summed E-state index contributed by atoms with van der Waals surface area (Å²) in [7, 11) is 0. The molecule has 7 nitrogen and oxygen atoms in total. The number of hydrogen-bond acceptors (Lipinski definition) is 7. The smallest absolute Gasteiger partial charge is 0.259 e. The fraction of sp³-hybridized carbons (Fsp3) is 0.333. The summed E-state index contributed by atoms with van der Waals surface area (Å²) in [5, 5.41) is 3.35. The predicted molar refractivity (Wildman–Crippen MR) is 133 cm³/mol. The van der Waals surface area contributed by atoms with Gasteiger partial charge >= 0.3 is 0 Å². The Balaban J connectivity index is 1.17. The van der Waals surface area contributed by atoms with Crippen LogP contribution in [-0.2, 0) is 17.8 Å². The lowest BCUT2D eigenvalue weighted by molar-refractivity contribution is -0.132. The molecule has 1 fully saturated rings. The second kappa shape index (κ2) is 9.36. The first-order valence-corrected chi connectivity index (χ1v) is 12.8. The van der Waals surface area contributed by atoms with Crippen molar-refractivity contribution < 1.29 is 9.18 Å². The number of aryl methyl sites for hydroxylation is 2. The summed E-state index contributed by atoms with van der Waals surface area (Å²) in [5.74, 6) is 0.427. The van der Waals surface area contributed by atoms with Gasteiger partial charge in [0.05, 0.1) is 24.0 Å². The summed E-state index contributed by atoms with van der Waals surface area (Å²) in [6.07, 6.45) is 0.250. The van der Waals surface area contributed by atoms with E-state index in [1.165, 1.54) is 23.5 Å². The number of rotatable bonds is 5. The van der Waals surface area contributed by atoms with Crippen molar-refractivity contribution >= 4 is 38.8 Å². The first kappa shape index (κ1) is 22.8. The third-order valence-corrected chi connectivity index (χ3v) is 8.20. The van der Waals surface area contributed by atoms with Crippen LogP contribution in [0.25, 0.3) is 20.8 Å². The van der Waals surface area contributed by atoms with Crippen LogP contribution in [0.1, 0.15) is 22.0 Å². The Hall–Kier alpha value is -2.95. The molecule has 0 atom stereocenters. The molecule has 0 saturated carbocycles. The first-order chi connectivity index (χ1) is 16.4. The van der Waals surface area contributed by atoms with E-state index in [2.05, 4.69) is 19.9 Å². The van der Waals surface area contributed by atoms with Gasteiger partial charge in [-0.25, -0.2) is 14.4 Å². The van der Waals surface area contributed by atoms with Crippen LogP contribution >= 0.6 is 22.7 Å². The van der Waals surface area contributed by atoms with Crippen molar-refractivity contribution in [3.63, 3.8) is 0 Å². The van der Waals surface area contributed by atoms with Gasteiger partial charge in [0.2, 0.25) is 5.91 Å². The molecule has 1 saturated heterocycles. The Morgan fingerprint density at radius 3 is 2.59 bits per heavy atom. The number of thiazole rings is 1. The number of thiophene rings is 1. The molecule has 1 N–H and O–H groups in total. The van der Waals surface area contributed by atoms with Gasteiger partial charge in [0.15, 0.2) is 0 Å². The minimum atomic E-state index is -0.283. The molecule has 1 amide bonds. The molecular formula is C24H24FN5O2S2. The van der Waals surface area contributed by atoms with Crippen LogP contribution in [0.4, 0.5) is 4.39 Å². The zero-order chi connectivity index (χ0) is 23.8. The number of nitrogens with one attached hydrogen (secondary N) is 1. The minimum Gasteiger partial charge on any atom is -0.340 e. The van der Waals surface area contributed by atoms with Crippen molar-refractivity contribution in [1.29, 1.82) is 0 Å². The lowest BCUT2D eigenvalue weighted by atomic mass is 10.2. The van der Waals surface area contributed by atoms with Gasteiger partial charge in [-0.3, -0.25) is 14.5 Å². The van der Waals surface area contributed by atoms with Gasteiger partial charge in [0.25, 0.3) is 5.56 Å². The van der Waals surface area contributed by atoms with Gasteiger partial charge in [-0.15, -0.1) is 22.7 Å². The average Bonchev–Trinajstić information content (AvgIpc) is 3.39. The molecule has 1 aromatic carbocycles. The summed E-state index contributed by atoms with van der Waals surface area (Å²) < 4.78 is 13.1. The molecule has 10 heteroatoms. The van der Waals surface area contributed by atoms with E-state index in [1.54, 1.807) is 23.5 Å². The third-order valence-electron chi connectivity index (χ3n) is 6.16. The molecule has 0 aliphatic carbocycles. The molecule has 4 aromatic rings. The number of hydrogen-bond donors (Lipinski definition) is 1. The van der Waals surface area contributed by atoms with E-state index in [4.69, 9.17) is 0 Å². The van der Waals surface area contributed by atoms with Crippen LogP contribution in [0.3, 0.4) is 0 Å². The maximum atomic E-state index is 13.1. The average molecular weight is 498 g/mol. The topological polar surface area (TPSA) is 82.2 Å². The molecule has 1 aliphatic rings. The number of benzene rings is 1. The second-order valence-corrected chi connectivity index (χ2v) is 10.5. The number of nitrogens with zero attached hydrogens (tertiary/aromatic N) is 4. The number of aromatic nitrogens is 3. The molecule has 1 aliphatic heterocycles. The maximum absolute atomic E-state index is 13.1. The Labute approximate surface area is 203 Å². The molecule has 34 heavy (non-hydrogen) atoms. The predicted octanol–water partition coefficient (Wildman–Crippen LogP) is 3.75. The fourth-order valence-corrected chi connectivity index (χ4v) is 6.00. The van der Waals surface area contributed by atoms with Crippen molar-refractivity contribution in [3.8, 4) is 10.6 Å². The Morgan fingerprint density at radius 2 is 1.85 bits per heavy atom. The molecule has 0 spiro atoms. The Kier molecular flexibility index (Phi) is 6.28. The highest BCUT2D eigenvalue weighted by atomic mass is 32.1. The van der Waals surface area contributed by atoms with Crippen molar-refractivity contribution in [2.75, 3.05) is 26.2 Å². The molecule has 3 aromatic heterocycles. The summed E-state index contributed by atoms with van der Waals surface area (Å²) in [6, 6.07) is 6.21. The minimum absolute atomic E-state index is 0.0492. The number of piperazine rings is 1. The van der Waals surface area contributed by atoms with E-state index < -0.39 is 0 Å². The number of carbonyl (C=O) groups excluding carboxylic acids is 1. The maximum Gasteiger partial charge on any atom is 0.259 e. The van der Waals surface area contributed by atoms with Crippen LogP contribution in [0, 0.1) is 19.7 Å². The van der Waals surface area contributed by atoms with Crippen molar-refractivity contribution in [2.24, 2.45) is 0 Å². The number of halogens is 1. The van der Waals surface area contributed by atoms with Gasteiger partial charge < -0.3 is 9.88 Å². The molecule has 4 heterocycles. The molecular weight excluding hydrogens is 473 g/mol. The number of H-pyrrole nitrogens is 1. The van der Waals surface area contributed by atoms with E-state index in [0.29, 0.717) is 43.9 Å². The van der Waals surface area contributed by atoms with Gasteiger partial charge in [0.1, 0.15) is 21.5 Å². The van der Waals surface area contributed by atoms with E-state index in [0.717, 1.165) is 31.5 Å². The molecule has 0 unspecified atom stereocenters. The largest absolute Gasteiger partial charge is 0.340 e. The van der Waals surface area contributed by atoms with Gasteiger partial charge in [0, 0.05) is 42.0 Å². The number of amides is 1. The quantitative estimate of drug-likeness (QED) is 0.454. The van der Waals surface area contributed by atoms with Crippen LogP contribution in [0.5, 0.6) is 0 Å². The van der Waals surface area contributed by atoms with Gasteiger partial charge in [-0.05, 0) is 43.7 Å². The lowest BCUT2D eigenvalue weighted by Crippen LogP contribution is -2.49. The highest BCUT2D eigenvalue weighted by molar-refractivity contribution is 7.18. The van der Waals surface area contributed by atoms with Crippen LogP contribution in [-0.4, -0.2) is 56.8 Å². The van der Waals surface area contributed by atoms with Crippen molar-refractivity contribution in [1.82, 2.24) is 24.8 Å². The third kappa shape index (κ3) is 4.66. The SMILES string of the molecule is Cc1sc2nc(CN3CCN(C(=O)Cc4csc(-c5ccc(F)cc5)n4)CC3)[nH]c(=O)c2c1C. The number of fused-ring (bicyclic) bond motifs is 1. The van der Waals surface area contributed by atoms with Gasteiger partial charge in [-0.1, -0.05) is 0 Å². The van der Waals surface area contributed by atoms with E-state index in [-0.39, 0.29) is 23.7 Å². The Morgan fingerprint density at radius 1 is 1.12 bits per heavy atom. The summed E-state index contributed by atoms with van der Waals surface area (Å²) in [4.78, 5) is 43.4. The zero-order valence-electron chi connectivity index (χ0n) is 18.9. The number of aromatic amines is 1. The molecule has 0 radical (unpaired) electrons. The number of carbonyl (C=O) groups is 1. The zero-order valence-corrected chi connectivity index (χ0v) is 20.6. The molecule has 176 valence electrons. The van der Waals surface area contributed by atoms with E-state index in [1.807, 2.05) is 24.1 Å². The van der Waals surface area contributed by atoms with Crippen molar-refractivity contribution in [3.05, 3.63) is 67.8 Å². The summed E-state index contributed by atoms with van der Waals surface area (Å²) >= 11 is 3.01. The summed E-state index contributed by atoms with van der Waals surface area (Å²) in [6.45, 7) is 7.19. The van der Waals surface area contributed by atoms with Crippen LogP contribution in [0.15, 0.2) is 34.4 Å². The standard InChI is InChI=1S/C24H24FN5O2S2/c1-14-15(2)34-24-21(14)22(32)27-19(28-24)12-29-7-9-30(10-8-29)20(31)11-18-13-33-23(26-18)16-3-5-17(25)6-4-16/h3-6,13H,7-12H2,1-2H3,(H,27,28,32). The van der Waals surface area contributed by atoms with E-state index in [9.17, 15) is 14.0 Å². The molecule has 5 rings (SSSR count). The fourth-order valence-electron chi connectivity index (χ4n) is 4.12.